The minimum absolute atomic E-state index is 0.0776. The molecule has 2 heterocycles. The summed E-state index contributed by atoms with van der Waals surface area (Å²) in [7, 11) is 0. The minimum Gasteiger partial charge on any atom is -0.370 e. The van der Waals surface area contributed by atoms with Crippen LogP contribution < -0.4 is 5.32 Å². The number of hydrogen-bond donors (Lipinski definition) is 1. The minimum atomic E-state index is -0.403. The standard InChI is InChI=1S/C14H12N4O2S/c19-18(20)11-2-3-12-10(9-11)1-4-13(17-12)15-6-5-14-16-7-8-21-14/h1-4,7-9H,5-6H2,(H,15,17). The topological polar surface area (TPSA) is 81.0 Å². The average molecular weight is 300 g/mol. The van der Waals surface area contributed by atoms with Gasteiger partial charge in [0.05, 0.1) is 15.4 Å². The van der Waals surface area contributed by atoms with Gasteiger partial charge in [-0.15, -0.1) is 11.3 Å². The number of rotatable bonds is 5. The van der Waals surface area contributed by atoms with Gasteiger partial charge in [0, 0.05) is 42.1 Å². The monoisotopic (exact) mass is 300 g/mol. The molecule has 3 rings (SSSR count). The van der Waals surface area contributed by atoms with E-state index in [0.29, 0.717) is 0 Å². The molecule has 0 saturated heterocycles. The van der Waals surface area contributed by atoms with Crippen molar-refractivity contribution in [2.45, 2.75) is 6.42 Å². The van der Waals surface area contributed by atoms with Crippen molar-refractivity contribution in [1.29, 1.82) is 0 Å². The molecule has 0 fully saturated rings. The molecule has 6 nitrogen and oxygen atoms in total. The van der Waals surface area contributed by atoms with Crippen molar-refractivity contribution >= 4 is 33.7 Å². The first-order valence-corrected chi connectivity index (χ1v) is 7.28. The quantitative estimate of drug-likeness (QED) is 0.578. The van der Waals surface area contributed by atoms with Gasteiger partial charge in [0.1, 0.15) is 5.82 Å². The summed E-state index contributed by atoms with van der Waals surface area (Å²) in [6.45, 7) is 0.749. The van der Waals surface area contributed by atoms with E-state index in [1.165, 1.54) is 12.1 Å². The van der Waals surface area contributed by atoms with Gasteiger partial charge in [0.15, 0.2) is 0 Å². The molecular weight excluding hydrogens is 288 g/mol. The fourth-order valence-electron chi connectivity index (χ4n) is 2.00. The van der Waals surface area contributed by atoms with E-state index in [4.69, 9.17) is 0 Å². The first-order chi connectivity index (χ1) is 10.2. The lowest BCUT2D eigenvalue weighted by Gasteiger charge is -2.05. The largest absolute Gasteiger partial charge is 0.370 e. The van der Waals surface area contributed by atoms with E-state index in [0.717, 1.165) is 34.7 Å². The van der Waals surface area contributed by atoms with E-state index in [1.54, 1.807) is 23.6 Å². The lowest BCUT2D eigenvalue weighted by Crippen LogP contribution is -2.06. The van der Waals surface area contributed by atoms with Crippen molar-refractivity contribution in [3.63, 3.8) is 0 Å². The Bertz CT molecular complexity index is 774. The summed E-state index contributed by atoms with van der Waals surface area (Å²) >= 11 is 1.63. The fourth-order valence-corrected chi connectivity index (χ4v) is 2.62. The number of hydrogen-bond acceptors (Lipinski definition) is 6. The van der Waals surface area contributed by atoms with E-state index in [2.05, 4.69) is 15.3 Å². The Morgan fingerprint density at radius 1 is 1.29 bits per heavy atom. The molecule has 0 radical (unpaired) electrons. The van der Waals surface area contributed by atoms with Crippen LogP contribution in [0.1, 0.15) is 5.01 Å². The predicted molar refractivity (Wildman–Crippen MR) is 82.7 cm³/mol. The van der Waals surface area contributed by atoms with Crippen LogP contribution in [0.4, 0.5) is 11.5 Å². The molecule has 7 heteroatoms. The molecule has 0 spiro atoms. The van der Waals surface area contributed by atoms with E-state index in [1.807, 2.05) is 17.5 Å². The van der Waals surface area contributed by atoms with Crippen LogP contribution in [0.5, 0.6) is 0 Å². The van der Waals surface area contributed by atoms with Gasteiger partial charge in [-0.1, -0.05) is 0 Å². The lowest BCUT2D eigenvalue weighted by molar-refractivity contribution is -0.384. The van der Waals surface area contributed by atoms with Gasteiger partial charge in [0.25, 0.3) is 5.69 Å². The third kappa shape index (κ3) is 3.14. The van der Waals surface area contributed by atoms with E-state index >= 15 is 0 Å². The van der Waals surface area contributed by atoms with Crippen LogP contribution in [0.2, 0.25) is 0 Å². The highest BCUT2D eigenvalue weighted by Gasteiger charge is 2.07. The molecule has 0 unspecified atom stereocenters. The van der Waals surface area contributed by atoms with Crippen LogP contribution in [-0.2, 0) is 6.42 Å². The third-order valence-electron chi connectivity index (χ3n) is 3.01. The first-order valence-electron chi connectivity index (χ1n) is 6.40. The molecule has 0 aliphatic heterocycles. The molecule has 106 valence electrons. The molecule has 3 aromatic rings. The first kappa shape index (κ1) is 13.4. The Balaban J connectivity index is 1.72. The molecule has 1 N–H and O–H groups in total. The molecule has 0 saturated carbocycles. The van der Waals surface area contributed by atoms with Crippen LogP contribution in [0, 0.1) is 10.1 Å². The summed E-state index contributed by atoms with van der Waals surface area (Å²) in [6, 6.07) is 8.32. The number of fused-ring (bicyclic) bond motifs is 1. The molecule has 0 atom stereocenters. The summed E-state index contributed by atoms with van der Waals surface area (Å²) in [5, 5.41) is 17.8. The van der Waals surface area contributed by atoms with Crippen LogP contribution >= 0.6 is 11.3 Å². The maximum Gasteiger partial charge on any atom is 0.270 e. The average Bonchev–Trinajstić information content (AvgIpc) is 3.00. The van der Waals surface area contributed by atoms with E-state index < -0.39 is 4.92 Å². The molecular formula is C14H12N4O2S. The van der Waals surface area contributed by atoms with Gasteiger partial charge in [-0.25, -0.2) is 9.97 Å². The number of nitro groups is 1. The third-order valence-corrected chi connectivity index (χ3v) is 3.85. The number of anilines is 1. The van der Waals surface area contributed by atoms with Gasteiger partial charge in [-0.05, 0) is 18.2 Å². The Morgan fingerprint density at radius 2 is 2.19 bits per heavy atom. The van der Waals surface area contributed by atoms with Crippen molar-refractivity contribution in [3.8, 4) is 0 Å². The molecule has 0 aliphatic rings. The van der Waals surface area contributed by atoms with Crippen molar-refractivity contribution < 1.29 is 4.92 Å². The number of nitrogens with one attached hydrogen (secondary N) is 1. The number of nitrogens with zero attached hydrogens (tertiary/aromatic N) is 3. The summed E-state index contributed by atoms with van der Waals surface area (Å²) < 4.78 is 0. The van der Waals surface area contributed by atoms with Crippen LogP contribution in [0.15, 0.2) is 41.9 Å². The highest BCUT2D eigenvalue weighted by Crippen LogP contribution is 2.21. The molecule has 0 aliphatic carbocycles. The lowest BCUT2D eigenvalue weighted by atomic mass is 10.2. The summed E-state index contributed by atoms with van der Waals surface area (Å²) in [4.78, 5) is 19.0. The molecule has 2 aromatic heterocycles. The molecule has 1 aromatic carbocycles. The number of thiazole rings is 1. The van der Waals surface area contributed by atoms with E-state index in [-0.39, 0.29) is 5.69 Å². The summed E-state index contributed by atoms with van der Waals surface area (Å²) in [5.41, 5.74) is 0.814. The molecule has 0 bridgehead atoms. The van der Waals surface area contributed by atoms with Gasteiger partial charge >= 0.3 is 0 Å². The second-order valence-corrected chi connectivity index (χ2v) is 5.41. The Labute approximate surface area is 124 Å². The molecule has 0 amide bonds. The SMILES string of the molecule is O=[N+]([O-])c1ccc2nc(NCCc3nccs3)ccc2c1. The van der Waals surface area contributed by atoms with Crippen molar-refractivity contribution in [3.05, 3.63) is 57.0 Å². The van der Waals surface area contributed by atoms with Gasteiger partial charge in [-0.2, -0.15) is 0 Å². The molecule has 21 heavy (non-hydrogen) atoms. The van der Waals surface area contributed by atoms with Crippen LogP contribution in [0.25, 0.3) is 10.9 Å². The van der Waals surface area contributed by atoms with Crippen molar-refractivity contribution in [1.82, 2.24) is 9.97 Å². The summed E-state index contributed by atoms with van der Waals surface area (Å²) in [5.74, 6) is 0.757. The van der Waals surface area contributed by atoms with Crippen LogP contribution in [-0.4, -0.2) is 21.4 Å². The van der Waals surface area contributed by atoms with Crippen LogP contribution in [0.3, 0.4) is 0 Å². The smallest absolute Gasteiger partial charge is 0.270 e. The maximum atomic E-state index is 10.7. The Kier molecular flexibility index (Phi) is 3.74. The van der Waals surface area contributed by atoms with Gasteiger partial charge in [-0.3, -0.25) is 10.1 Å². The number of pyridine rings is 1. The Morgan fingerprint density at radius 3 is 2.95 bits per heavy atom. The zero-order valence-corrected chi connectivity index (χ0v) is 11.8. The predicted octanol–water partition coefficient (Wildman–Crippen LogP) is 3.25. The number of nitro benzene ring substituents is 1. The van der Waals surface area contributed by atoms with Crippen molar-refractivity contribution in [2.75, 3.05) is 11.9 Å². The summed E-state index contributed by atoms with van der Waals surface area (Å²) in [6.07, 6.45) is 2.64. The fraction of sp³-hybridized carbons (Fsp3) is 0.143. The normalized spacial score (nSPS) is 10.7. The second-order valence-electron chi connectivity index (χ2n) is 4.43. The zero-order valence-electron chi connectivity index (χ0n) is 11.0. The highest BCUT2D eigenvalue weighted by atomic mass is 32.1. The number of aromatic nitrogens is 2. The second kappa shape index (κ2) is 5.84. The number of benzene rings is 1. The highest BCUT2D eigenvalue weighted by molar-refractivity contribution is 7.09. The Hall–Kier alpha value is -2.54. The van der Waals surface area contributed by atoms with Gasteiger partial charge in [0.2, 0.25) is 0 Å². The zero-order chi connectivity index (χ0) is 14.7. The van der Waals surface area contributed by atoms with Crippen molar-refractivity contribution in [2.24, 2.45) is 0 Å². The maximum absolute atomic E-state index is 10.7. The number of non-ortho nitro benzene ring substituents is 1. The van der Waals surface area contributed by atoms with Gasteiger partial charge < -0.3 is 5.32 Å². The van der Waals surface area contributed by atoms with E-state index in [9.17, 15) is 10.1 Å².